The molecule has 0 bridgehead atoms. The lowest BCUT2D eigenvalue weighted by Crippen LogP contribution is -2.48. The quantitative estimate of drug-likeness (QED) is 0.790. The van der Waals surface area contributed by atoms with Gasteiger partial charge >= 0.3 is 6.03 Å². The van der Waals surface area contributed by atoms with Gasteiger partial charge in [0, 0.05) is 23.9 Å². The number of hydrogen-bond acceptors (Lipinski definition) is 6. The second-order valence-corrected chi connectivity index (χ2v) is 7.41. The van der Waals surface area contributed by atoms with Crippen molar-refractivity contribution >= 4 is 23.3 Å². The normalized spacial score (nSPS) is 22.0. The molecule has 0 aromatic carbocycles. The standard InChI is InChI=1S/C17H25N3O4S/c21-15(19-17(22)18-6-5-14-4-2-10-25-14)12-20-7-1-3-13(11-20)16-23-8-9-24-16/h2,4,10,13,16H,1,3,5-9,11-12H2,(H2,18,19,21,22). The van der Waals surface area contributed by atoms with Crippen LogP contribution >= 0.6 is 11.3 Å². The molecular weight excluding hydrogens is 342 g/mol. The van der Waals surface area contributed by atoms with Gasteiger partial charge in [-0.15, -0.1) is 11.3 Å². The fourth-order valence-electron chi connectivity index (χ4n) is 3.27. The summed E-state index contributed by atoms with van der Waals surface area (Å²) in [5.74, 6) is 0.0196. The number of rotatable bonds is 6. The summed E-state index contributed by atoms with van der Waals surface area (Å²) in [7, 11) is 0. The van der Waals surface area contributed by atoms with Crippen molar-refractivity contribution in [3.63, 3.8) is 0 Å². The van der Waals surface area contributed by atoms with Crippen LogP contribution in [0.4, 0.5) is 4.79 Å². The molecule has 0 radical (unpaired) electrons. The number of carbonyl (C=O) groups excluding carboxylic acids is 2. The van der Waals surface area contributed by atoms with Gasteiger partial charge in [0.15, 0.2) is 6.29 Å². The second-order valence-electron chi connectivity index (χ2n) is 6.38. The highest BCUT2D eigenvalue weighted by atomic mass is 32.1. The van der Waals surface area contributed by atoms with Gasteiger partial charge in [-0.3, -0.25) is 15.0 Å². The Labute approximate surface area is 151 Å². The van der Waals surface area contributed by atoms with Gasteiger partial charge in [0.1, 0.15) is 0 Å². The van der Waals surface area contributed by atoms with Gasteiger partial charge in [-0.2, -0.15) is 0 Å². The van der Waals surface area contributed by atoms with E-state index in [4.69, 9.17) is 9.47 Å². The fraction of sp³-hybridized carbons (Fsp3) is 0.647. The van der Waals surface area contributed by atoms with Gasteiger partial charge in [-0.05, 0) is 37.3 Å². The summed E-state index contributed by atoms with van der Waals surface area (Å²) >= 11 is 1.66. The maximum atomic E-state index is 12.1. The van der Waals surface area contributed by atoms with E-state index >= 15 is 0 Å². The first-order valence-electron chi connectivity index (χ1n) is 8.76. The van der Waals surface area contributed by atoms with Gasteiger partial charge in [0.05, 0.1) is 19.8 Å². The van der Waals surface area contributed by atoms with Gasteiger partial charge in [0.25, 0.3) is 0 Å². The van der Waals surface area contributed by atoms with Crippen molar-refractivity contribution in [1.82, 2.24) is 15.5 Å². The number of imide groups is 1. The van der Waals surface area contributed by atoms with E-state index in [1.54, 1.807) is 11.3 Å². The third kappa shape index (κ3) is 5.78. The first-order valence-corrected chi connectivity index (χ1v) is 9.64. The maximum Gasteiger partial charge on any atom is 0.321 e. The molecule has 2 aliphatic rings. The highest BCUT2D eigenvalue weighted by Gasteiger charge is 2.31. The number of likely N-dealkylation sites (tertiary alicyclic amines) is 1. The lowest BCUT2D eigenvalue weighted by atomic mass is 9.97. The average molecular weight is 367 g/mol. The SMILES string of the molecule is O=C(CN1CCCC(C2OCCO2)C1)NC(=O)NCCc1cccs1. The molecule has 2 saturated heterocycles. The van der Waals surface area contributed by atoms with Gasteiger partial charge in [0.2, 0.25) is 5.91 Å². The van der Waals surface area contributed by atoms with Crippen LogP contribution in [0.25, 0.3) is 0 Å². The van der Waals surface area contributed by atoms with Crippen LogP contribution in [-0.4, -0.2) is 62.5 Å². The Morgan fingerprint density at radius 3 is 2.92 bits per heavy atom. The molecule has 3 heterocycles. The van der Waals surface area contributed by atoms with Gasteiger partial charge in [-0.1, -0.05) is 6.07 Å². The molecule has 1 unspecified atom stereocenters. The Kier molecular flexibility index (Phi) is 6.80. The van der Waals surface area contributed by atoms with E-state index in [2.05, 4.69) is 15.5 Å². The number of amides is 3. The van der Waals surface area contributed by atoms with Crippen LogP contribution in [0.1, 0.15) is 17.7 Å². The van der Waals surface area contributed by atoms with Crippen molar-refractivity contribution in [3.8, 4) is 0 Å². The van der Waals surface area contributed by atoms with Crippen molar-refractivity contribution in [2.24, 2.45) is 5.92 Å². The van der Waals surface area contributed by atoms with Gasteiger partial charge < -0.3 is 14.8 Å². The summed E-state index contributed by atoms with van der Waals surface area (Å²) in [6.07, 6.45) is 2.68. The van der Waals surface area contributed by atoms with E-state index in [1.165, 1.54) is 4.88 Å². The maximum absolute atomic E-state index is 12.1. The minimum atomic E-state index is -0.433. The van der Waals surface area contributed by atoms with Crippen LogP contribution in [0.15, 0.2) is 17.5 Å². The molecule has 2 fully saturated rings. The molecular formula is C17H25N3O4S. The third-order valence-electron chi connectivity index (χ3n) is 4.43. The summed E-state index contributed by atoms with van der Waals surface area (Å²) < 4.78 is 11.1. The molecule has 2 aliphatic heterocycles. The molecule has 2 N–H and O–H groups in total. The lowest BCUT2D eigenvalue weighted by Gasteiger charge is -2.34. The van der Waals surface area contributed by atoms with Crippen molar-refractivity contribution < 1.29 is 19.1 Å². The first-order chi connectivity index (χ1) is 12.2. The third-order valence-corrected chi connectivity index (χ3v) is 5.37. The first kappa shape index (κ1) is 18.3. The van der Waals surface area contributed by atoms with Crippen molar-refractivity contribution in [3.05, 3.63) is 22.4 Å². The molecule has 138 valence electrons. The number of hydrogen-bond donors (Lipinski definition) is 2. The minimum Gasteiger partial charge on any atom is -0.350 e. The summed E-state index contributed by atoms with van der Waals surface area (Å²) in [5, 5.41) is 7.13. The van der Waals surface area contributed by atoms with E-state index in [9.17, 15) is 9.59 Å². The Morgan fingerprint density at radius 2 is 2.16 bits per heavy atom. The molecule has 0 spiro atoms. The highest BCUT2D eigenvalue weighted by molar-refractivity contribution is 7.09. The van der Waals surface area contributed by atoms with Crippen LogP contribution in [0.5, 0.6) is 0 Å². The van der Waals surface area contributed by atoms with E-state index in [0.717, 1.165) is 32.4 Å². The second kappa shape index (κ2) is 9.28. The largest absolute Gasteiger partial charge is 0.350 e. The zero-order valence-corrected chi connectivity index (χ0v) is 15.1. The monoisotopic (exact) mass is 367 g/mol. The molecule has 1 atom stereocenters. The van der Waals surface area contributed by atoms with Crippen LogP contribution in [0.3, 0.4) is 0 Å². The predicted molar refractivity (Wildman–Crippen MR) is 94.4 cm³/mol. The Balaban J connectivity index is 1.34. The Morgan fingerprint density at radius 1 is 1.32 bits per heavy atom. The van der Waals surface area contributed by atoms with E-state index in [1.807, 2.05) is 17.5 Å². The van der Waals surface area contributed by atoms with Crippen molar-refractivity contribution in [2.75, 3.05) is 39.4 Å². The molecule has 3 rings (SSSR count). The number of nitrogens with zero attached hydrogens (tertiary/aromatic N) is 1. The van der Waals surface area contributed by atoms with Crippen molar-refractivity contribution in [1.29, 1.82) is 0 Å². The van der Waals surface area contributed by atoms with Crippen LogP contribution in [0, 0.1) is 5.92 Å². The Bertz CT molecular complexity index is 560. The van der Waals surface area contributed by atoms with E-state index in [-0.39, 0.29) is 18.7 Å². The zero-order chi connectivity index (χ0) is 17.5. The average Bonchev–Trinajstić information content (AvgIpc) is 3.29. The Hall–Kier alpha value is -1.48. The van der Waals surface area contributed by atoms with Crippen LogP contribution in [-0.2, 0) is 20.7 Å². The summed E-state index contributed by atoms with van der Waals surface area (Å²) in [4.78, 5) is 27.1. The summed E-state index contributed by atoms with van der Waals surface area (Å²) in [6, 6.07) is 3.58. The molecule has 7 nitrogen and oxygen atoms in total. The predicted octanol–water partition coefficient (Wildman–Crippen LogP) is 1.20. The number of nitrogens with one attached hydrogen (secondary N) is 2. The van der Waals surface area contributed by atoms with Crippen molar-refractivity contribution in [2.45, 2.75) is 25.6 Å². The summed E-state index contributed by atoms with van der Waals surface area (Å²) in [5.41, 5.74) is 0. The smallest absolute Gasteiger partial charge is 0.321 e. The van der Waals surface area contributed by atoms with Gasteiger partial charge in [-0.25, -0.2) is 4.79 Å². The van der Waals surface area contributed by atoms with E-state index < -0.39 is 6.03 Å². The van der Waals surface area contributed by atoms with E-state index in [0.29, 0.717) is 25.7 Å². The molecule has 0 saturated carbocycles. The lowest BCUT2D eigenvalue weighted by molar-refractivity contribution is -0.124. The molecule has 3 amide bonds. The molecule has 1 aromatic heterocycles. The van der Waals surface area contributed by atoms with Crippen LogP contribution < -0.4 is 10.6 Å². The summed E-state index contributed by atoms with van der Waals surface area (Å²) in [6.45, 7) is 3.65. The highest BCUT2D eigenvalue weighted by Crippen LogP contribution is 2.24. The molecule has 1 aromatic rings. The number of ether oxygens (including phenoxy) is 2. The number of thiophene rings is 1. The number of carbonyl (C=O) groups is 2. The molecule has 0 aliphatic carbocycles. The molecule has 8 heteroatoms. The number of piperidine rings is 1. The zero-order valence-electron chi connectivity index (χ0n) is 14.2. The number of urea groups is 1. The topological polar surface area (TPSA) is 79.9 Å². The minimum absolute atomic E-state index is 0.147. The molecule has 25 heavy (non-hydrogen) atoms. The van der Waals surface area contributed by atoms with Crippen LogP contribution in [0.2, 0.25) is 0 Å². The fourth-order valence-corrected chi connectivity index (χ4v) is 3.98.